The lowest BCUT2D eigenvalue weighted by atomic mass is 9.98. The summed E-state index contributed by atoms with van der Waals surface area (Å²) in [6.45, 7) is 1.31. The lowest BCUT2D eigenvalue weighted by molar-refractivity contribution is -0.139. The first-order chi connectivity index (χ1) is 22.2. The number of aliphatic hydroxyl groups is 1. The Hall–Kier alpha value is -4.22. The van der Waals surface area contributed by atoms with Crippen LogP contribution in [0.4, 0.5) is 16.2 Å². The number of anilines is 2. The smallest absolute Gasteiger partial charge is 0.326 e. The molecule has 254 valence electrons. The molecule has 4 rings (SSSR count). The summed E-state index contributed by atoms with van der Waals surface area (Å²) in [7, 11) is -7.40. The van der Waals surface area contributed by atoms with Crippen molar-refractivity contribution in [1.82, 2.24) is 14.9 Å². The first-order valence-corrected chi connectivity index (χ1v) is 18.2. The number of benzene rings is 3. The van der Waals surface area contributed by atoms with Crippen molar-refractivity contribution >= 4 is 43.4 Å². The van der Waals surface area contributed by atoms with Gasteiger partial charge in [0.25, 0.3) is 0 Å². The van der Waals surface area contributed by atoms with Gasteiger partial charge in [0, 0.05) is 31.7 Å². The number of urea groups is 1. The van der Waals surface area contributed by atoms with E-state index in [1.165, 1.54) is 46.8 Å². The number of nitrogens with one attached hydrogen (secondary N) is 4. The molecule has 0 saturated carbocycles. The molecule has 2 atom stereocenters. The first kappa shape index (κ1) is 35.6. The number of carboxylic acids is 1. The normalized spacial score (nSPS) is 15.8. The van der Waals surface area contributed by atoms with Crippen LogP contribution in [0.25, 0.3) is 0 Å². The minimum Gasteiger partial charge on any atom is -0.506 e. The van der Waals surface area contributed by atoms with Crippen LogP contribution in [-0.2, 0) is 31.3 Å². The number of aliphatic carboxylic acids is 1. The molecule has 2 amide bonds. The van der Waals surface area contributed by atoms with Crippen LogP contribution in [0.5, 0.6) is 5.75 Å². The van der Waals surface area contributed by atoms with Crippen molar-refractivity contribution in [3.05, 3.63) is 83.9 Å². The molecule has 7 N–H and O–H groups in total. The van der Waals surface area contributed by atoms with E-state index in [1.54, 1.807) is 24.3 Å². The molecule has 1 aliphatic heterocycles. The number of carbonyl (C=O) groups excluding carboxylic acids is 1. The Morgan fingerprint density at radius 1 is 0.957 bits per heavy atom. The first-order valence-electron chi connectivity index (χ1n) is 14.8. The fourth-order valence-corrected chi connectivity index (χ4v) is 7.21. The van der Waals surface area contributed by atoms with Crippen LogP contribution in [-0.4, -0.2) is 86.9 Å². The highest BCUT2D eigenvalue weighted by atomic mass is 32.2. The standard InChI is InChI=1S/C31H39N5O9S2/c1-46(42,43)35-26-18-23(7-12-28(26)37)29(38)20-32-19-22-13-15-36(16-14-22)47(44,45)25-10-8-24(9-11-25)33-31(41)34-27(30(39)40)17-21-5-3-2-4-6-21/h2-12,18,22,27,29,32,35,37-38H,13-17,19-20H2,1H3,(H,39,40)(H2,33,34,41)/t27-,29+/m0/s1. The molecule has 0 radical (unpaired) electrons. The van der Waals surface area contributed by atoms with E-state index in [4.69, 9.17) is 0 Å². The topological polar surface area (TPSA) is 214 Å². The van der Waals surface area contributed by atoms with Crippen molar-refractivity contribution in [2.75, 3.05) is 42.5 Å². The molecule has 14 nitrogen and oxygen atoms in total. The van der Waals surface area contributed by atoms with Crippen LogP contribution in [0, 0.1) is 5.92 Å². The van der Waals surface area contributed by atoms with Gasteiger partial charge in [-0.2, -0.15) is 4.31 Å². The van der Waals surface area contributed by atoms with Crippen LogP contribution in [0.2, 0.25) is 0 Å². The molecule has 1 fully saturated rings. The van der Waals surface area contributed by atoms with Gasteiger partial charge in [0.2, 0.25) is 20.0 Å². The lowest BCUT2D eigenvalue weighted by Gasteiger charge is -2.31. The zero-order valence-corrected chi connectivity index (χ0v) is 27.3. The summed E-state index contributed by atoms with van der Waals surface area (Å²) in [4.78, 5) is 24.2. The van der Waals surface area contributed by atoms with Gasteiger partial charge in [-0.1, -0.05) is 36.4 Å². The van der Waals surface area contributed by atoms with E-state index in [2.05, 4.69) is 20.7 Å². The Morgan fingerprint density at radius 2 is 1.62 bits per heavy atom. The van der Waals surface area contributed by atoms with E-state index < -0.39 is 44.2 Å². The maximum atomic E-state index is 13.3. The molecule has 1 heterocycles. The second-order valence-electron chi connectivity index (χ2n) is 11.4. The van der Waals surface area contributed by atoms with E-state index in [0.717, 1.165) is 11.8 Å². The molecule has 1 aliphatic rings. The van der Waals surface area contributed by atoms with Gasteiger partial charge in [-0.15, -0.1) is 0 Å². The van der Waals surface area contributed by atoms with Crippen LogP contribution in [0.3, 0.4) is 0 Å². The summed E-state index contributed by atoms with van der Waals surface area (Å²) in [6.07, 6.45) is 1.28. The number of hydrogen-bond acceptors (Lipinski definition) is 9. The van der Waals surface area contributed by atoms with Gasteiger partial charge >= 0.3 is 12.0 Å². The summed E-state index contributed by atoms with van der Waals surface area (Å²) in [6, 6.07) is 16.8. The van der Waals surface area contributed by atoms with Crippen molar-refractivity contribution in [2.24, 2.45) is 5.92 Å². The van der Waals surface area contributed by atoms with Gasteiger partial charge < -0.3 is 31.3 Å². The van der Waals surface area contributed by atoms with Crippen LogP contribution in [0.15, 0.2) is 77.7 Å². The SMILES string of the molecule is CS(=O)(=O)Nc1cc([C@H](O)CNCC2CCN(S(=O)(=O)c3ccc(NC(=O)N[C@@H](Cc4ccccc4)C(=O)O)cc3)CC2)ccc1O. The Balaban J connectivity index is 1.23. The van der Waals surface area contributed by atoms with Gasteiger partial charge in [-0.25, -0.2) is 26.4 Å². The number of amides is 2. The number of rotatable bonds is 14. The molecule has 16 heteroatoms. The van der Waals surface area contributed by atoms with E-state index >= 15 is 0 Å². The van der Waals surface area contributed by atoms with Crippen molar-refractivity contribution < 1.29 is 41.7 Å². The quantitative estimate of drug-likeness (QED) is 0.123. The molecule has 0 unspecified atom stereocenters. The number of carbonyl (C=O) groups is 2. The second-order valence-corrected chi connectivity index (χ2v) is 15.1. The van der Waals surface area contributed by atoms with E-state index in [-0.39, 0.29) is 35.2 Å². The van der Waals surface area contributed by atoms with Crippen molar-refractivity contribution in [3.63, 3.8) is 0 Å². The number of hydrogen-bond donors (Lipinski definition) is 7. The monoisotopic (exact) mass is 689 g/mol. The van der Waals surface area contributed by atoms with Gasteiger partial charge in [0.05, 0.1) is 22.9 Å². The minimum atomic E-state index is -3.79. The predicted molar refractivity (Wildman–Crippen MR) is 176 cm³/mol. The fraction of sp³-hybridized carbons (Fsp3) is 0.355. The molecule has 3 aromatic rings. The van der Waals surface area contributed by atoms with Gasteiger partial charge in [-0.3, -0.25) is 4.72 Å². The molecule has 0 spiro atoms. The summed E-state index contributed by atoms with van der Waals surface area (Å²) in [5.74, 6) is -1.28. The molecule has 3 aromatic carbocycles. The highest BCUT2D eigenvalue weighted by molar-refractivity contribution is 7.92. The maximum absolute atomic E-state index is 13.3. The van der Waals surface area contributed by atoms with Crippen molar-refractivity contribution in [1.29, 1.82) is 0 Å². The average Bonchev–Trinajstić information content (AvgIpc) is 3.02. The number of carboxylic acid groups (broad SMARTS) is 1. The van der Waals surface area contributed by atoms with E-state index in [9.17, 15) is 41.7 Å². The maximum Gasteiger partial charge on any atom is 0.326 e. The fourth-order valence-electron chi connectivity index (χ4n) is 5.17. The summed E-state index contributed by atoms with van der Waals surface area (Å²) >= 11 is 0. The molecular weight excluding hydrogens is 651 g/mol. The summed E-state index contributed by atoms with van der Waals surface area (Å²) in [5.41, 5.74) is 1.43. The van der Waals surface area contributed by atoms with Crippen LogP contribution >= 0.6 is 0 Å². The highest BCUT2D eigenvalue weighted by Crippen LogP contribution is 2.28. The Bertz CT molecular complexity index is 1750. The lowest BCUT2D eigenvalue weighted by Crippen LogP contribution is -2.44. The summed E-state index contributed by atoms with van der Waals surface area (Å²) < 4.78 is 53.2. The van der Waals surface area contributed by atoms with Crippen LogP contribution < -0.4 is 20.7 Å². The zero-order valence-electron chi connectivity index (χ0n) is 25.7. The number of piperidine rings is 1. The van der Waals surface area contributed by atoms with Gasteiger partial charge in [-0.05, 0) is 72.8 Å². The third-order valence-electron chi connectivity index (χ3n) is 7.68. The van der Waals surface area contributed by atoms with Crippen molar-refractivity contribution in [3.8, 4) is 5.75 Å². The molecule has 0 aliphatic carbocycles. The average molecular weight is 690 g/mol. The molecule has 1 saturated heterocycles. The largest absolute Gasteiger partial charge is 0.506 e. The molecule has 0 aromatic heterocycles. The van der Waals surface area contributed by atoms with E-state index in [0.29, 0.717) is 43.7 Å². The number of nitrogens with zero attached hydrogens (tertiary/aromatic N) is 1. The number of sulfonamides is 2. The van der Waals surface area contributed by atoms with Gasteiger partial charge in [0.1, 0.15) is 11.8 Å². The predicted octanol–water partition coefficient (Wildman–Crippen LogP) is 2.31. The van der Waals surface area contributed by atoms with Crippen LogP contribution in [0.1, 0.15) is 30.1 Å². The Kier molecular flexibility index (Phi) is 11.8. The number of phenolic OH excluding ortho intramolecular Hbond substituents is 1. The molecular formula is C31H39N5O9S2. The van der Waals surface area contributed by atoms with Crippen molar-refractivity contribution in [2.45, 2.75) is 36.3 Å². The van der Waals surface area contributed by atoms with E-state index in [1.807, 2.05) is 6.07 Å². The zero-order chi connectivity index (χ0) is 34.2. The molecule has 47 heavy (non-hydrogen) atoms. The second kappa shape index (κ2) is 15.6. The van der Waals surface area contributed by atoms with Gasteiger partial charge in [0.15, 0.2) is 0 Å². The number of aliphatic hydroxyl groups excluding tert-OH is 1. The molecule has 0 bridgehead atoms. The Labute approximate surface area is 273 Å². The number of phenols is 1. The Morgan fingerprint density at radius 3 is 2.23 bits per heavy atom. The number of aromatic hydroxyl groups is 1. The minimum absolute atomic E-state index is 0.0301. The highest BCUT2D eigenvalue weighted by Gasteiger charge is 2.29. The third kappa shape index (κ3) is 10.4. The third-order valence-corrected chi connectivity index (χ3v) is 10.2. The summed E-state index contributed by atoms with van der Waals surface area (Å²) in [5, 5.41) is 38.1.